The van der Waals surface area contributed by atoms with E-state index in [9.17, 15) is 20.0 Å². The monoisotopic (exact) mass is 267 g/mol. The van der Waals surface area contributed by atoms with E-state index in [0.717, 1.165) is 0 Å². The number of nitrogens with zero attached hydrogens (tertiary/aromatic N) is 1. The van der Waals surface area contributed by atoms with Crippen molar-refractivity contribution in [3.63, 3.8) is 0 Å². The number of nitro benzene ring substituents is 1. The van der Waals surface area contributed by atoms with Gasteiger partial charge in [-0.2, -0.15) is 0 Å². The lowest BCUT2D eigenvalue weighted by atomic mass is 10.2. The van der Waals surface area contributed by atoms with Crippen molar-refractivity contribution >= 4 is 17.4 Å². The summed E-state index contributed by atoms with van der Waals surface area (Å²) in [5, 5.41) is 24.8. The minimum atomic E-state index is -0.505. The van der Waals surface area contributed by atoms with Gasteiger partial charge in [0.2, 0.25) is 0 Å². The number of aliphatic hydroxyl groups is 1. The third kappa shape index (κ3) is 5.35. The maximum Gasteiger partial charge on any atom is 0.319 e. The molecule has 2 atom stereocenters. The number of hydrogen-bond acceptors (Lipinski definition) is 4. The van der Waals surface area contributed by atoms with Gasteiger partial charge in [0.1, 0.15) is 0 Å². The summed E-state index contributed by atoms with van der Waals surface area (Å²) in [4.78, 5) is 21.5. The summed E-state index contributed by atoms with van der Waals surface area (Å²) < 4.78 is 0. The summed E-state index contributed by atoms with van der Waals surface area (Å²) in [6, 6.07) is 4.96. The predicted octanol–water partition coefficient (Wildman–Crippen LogP) is 1.88. The fraction of sp³-hybridized carbons (Fsp3) is 0.417. The number of anilines is 1. The Labute approximate surface area is 110 Å². The van der Waals surface area contributed by atoms with E-state index in [1.807, 2.05) is 0 Å². The van der Waals surface area contributed by atoms with Gasteiger partial charge in [0.25, 0.3) is 5.69 Å². The number of nitro groups is 1. The molecular weight excluding hydrogens is 250 g/mol. The Bertz CT molecular complexity index is 445. The average molecular weight is 267 g/mol. The first kappa shape index (κ1) is 14.9. The second-order valence-corrected chi connectivity index (χ2v) is 4.39. The van der Waals surface area contributed by atoms with Gasteiger partial charge in [-0.1, -0.05) is 0 Å². The van der Waals surface area contributed by atoms with Crippen molar-refractivity contribution in [2.24, 2.45) is 0 Å². The van der Waals surface area contributed by atoms with E-state index in [0.29, 0.717) is 12.1 Å². The van der Waals surface area contributed by atoms with E-state index in [-0.39, 0.29) is 11.7 Å². The normalized spacial score (nSPS) is 13.4. The molecule has 0 aliphatic heterocycles. The lowest BCUT2D eigenvalue weighted by molar-refractivity contribution is -0.384. The fourth-order valence-electron chi connectivity index (χ4n) is 1.63. The minimum Gasteiger partial charge on any atom is -0.393 e. The number of aliphatic hydroxyl groups excluding tert-OH is 1. The Kier molecular flexibility index (Phi) is 5.25. The quantitative estimate of drug-likeness (QED) is 0.559. The molecule has 0 aromatic heterocycles. The van der Waals surface area contributed by atoms with Crippen LogP contribution < -0.4 is 10.6 Å². The highest BCUT2D eigenvalue weighted by molar-refractivity contribution is 5.89. The molecular formula is C12H17N3O4. The standard InChI is InChI=1S/C12H17N3O4/c1-8(7-9(2)16)13-12(17)14-10-3-5-11(6-4-10)15(18)19/h3-6,8-9,16H,7H2,1-2H3,(H2,13,14,17). The highest BCUT2D eigenvalue weighted by Crippen LogP contribution is 2.15. The van der Waals surface area contributed by atoms with Crippen LogP contribution in [-0.2, 0) is 0 Å². The summed E-state index contributed by atoms with van der Waals surface area (Å²) in [6.45, 7) is 3.43. The molecule has 0 heterocycles. The van der Waals surface area contributed by atoms with Crippen LogP contribution in [0.15, 0.2) is 24.3 Å². The zero-order valence-corrected chi connectivity index (χ0v) is 10.8. The van der Waals surface area contributed by atoms with E-state index < -0.39 is 17.1 Å². The Hall–Kier alpha value is -2.15. The van der Waals surface area contributed by atoms with Crippen molar-refractivity contribution in [3.05, 3.63) is 34.4 Å². The molecule has 104 valence electrons. The first-order valence-corrected chi connectivity index (χ1v) is 5.88. The lowest BCUT2D eigenvalue weighted by Crippen LogP contribution is -2.37. The molecule has 0 bridgehead atoms. The van der Waals surface area contributed by atoms with Gasteiger partial charge >= 0.3 is 6.03 Å². The Morgan fingerprint density at radius 2 is 1.95 bits per heavy atom. The van der Waals surface area contributed by atoms with Crippen molar-refractivity contribution in [2.75, 3.05) is 5.32 Å². The number of rotatable bonds is 5. The van der Waals surface area contributed by atoms with Gasteiger partial charge in [0, 0.05) is 23.9 Å². The van der Waals surface area contributed by atoms with Crippen molar-refractivity contribution < 1.29 is 14.8 Å². The van der Waals surface area contributed by atoms with Crippen molar-refractivity contribution in [1.29, 1.82) is 0 Å². The topological polar surface area (TPSA) is 104 Å². The number of nitrogens with one attached hydrogen (secondary N) is 2. The lowest BCUT2D eigenvalue weighted by Gasteiger charge is -2.15. The summed E-state index contributed by atoms with van der Waals surface area (Å²) in [5.74, 6) is 0. The fourth-order valence-corrected chi connectivity index (χ4v) is 1.63. The maximum atomic E-state index is 11.6. The molecule has 3 N–H and O–H groups in total. The van der Waals surface area contributed by atoms with E-state index in [1.54, 1.807) is 13.8 Å². The molecule has 2 amide bonds. The van der Waals surface area contributed by atoms with E-state index >= 15 is 0 Å². The third-order valence-electron chi connectivity index (χ3n) is 2.41. The number of urea groups is 1. The van der Waals surface area contributed by atoms with E-state index in [4.69, 9.17) is 0 Å². The molecule has 0 saturated carbocycles. The van der Waals surface area contributed by atoms with Gasteiger partial charge in [-0.3, -0.25) is 10.1 Å². The van der Waals surface area contributed by atoms with Crippen LogP contribution in [0.5, 0.6) is 0 Å². The van der Waals surface area contributed by atoms with Gasteiger partial charge in [0.05, 0.1) is 11.0 Å². The summed E-state index contributed by atoms with van der Waals surface area (Å²) in [6.07, 6.45) is -0.0390. The molecule has 0 aliphatic carbocycles. The van der Waals surface area contributed by atoms with Crippen LogP contribution in [0.4, 0.5) is 16.2 Å². The van der Waals surface area contributed by atoms with Gasteiger partial charge < -0.3 is 15.7 Å². The second kappa shape index (κ2) is 6.69. The number of carbonyl (C=O) groups excluding carboxylic acids is 1. The number of amides is 2. The summed E-state index contributed by atoms with van der Waals surface area (Å²) >= 11 is 0. The Morgan fingerprint density at radius 1 is 1.37 bits per heavy atom. The molecule has 0 fully saturated rings. The highest BCUT2D eigenvalue weighted by atomic mass is 16.6. The first-order chi connectivity index (χ1) is 8.88. The third-order valence-corrected chi connectivity index (χ3v) is 2.41. The molecule has 7 nitrogen and oxygen atoms in total. The number of benzene rings is 1. The van der Waals surface area contributed by atoms with Crippen molar-refractivity contribution in [3.8, 4) is 0 Å². The molecule has 2 unspecified atom stereocenters. The first-order valence-electron chi connectivity index (χ1n) is 5.88. The van der Waals surface area contributed by atoms with E-state index in [2.05, 4.69) is 10.6 Å². The van der Waals surface area contributed by atoms with Crippen molar-refractivity contribution in [1.82, 2.24) is 5.32 Å². The molecule has 1 aromatic rings. The molecule has 7 heteroatoms. The zero-order valence-electron chi connectivity index (χ0n) is 10.8. The highest BCUT2D eigenvalue weighted by Gasteiger charge is 2.10. The van der Waals surface area contributed by atoms with Crippen LogP contribution in [0.1, 0.15) is 20.3 Å². The Balaban J connectivity index is 2.50. The molecule has 0 radical (unpaired) electrons. The maximum absolute atomic E-state index is 11.6. The molecule has 0 spiro atoms. The molecule has 1 rings (SSSR count). The minimum absolute atomic E-state index is 0.0339. The van der Waals surface area contributed by atoms with Crippen LogP contribution in [0.25, 0.3) is 0 Å². The van der Waals surface area contributed by atoms with Crippen LogP contribution in [0, 0.1) is 10.1 Å². The molecule has 1 aromatic carbocycles. The SMILES string of the molecule is CC(O)CC(C)NC(=O)Nc1ccc([N+](=O)[O-])cc1. The Morgan fingerprint density at radius 3 is 2.42 bits per heavy atom. The van der Waals surface area contributed by atoms with Gasteiger partial charge in [-0.25, -0.2) is 4.79 Å². The molecule has 0 aliphatic rings. The number of non-ortho nitro benzene ring substituents is 1. The predicted molar refractivity (Wildman–Crippen MR) is 71.0 cm³/mol. The summed E-state index contributed by atoms with van der Waals surface area (Å²) in [5.41, 5.74) is 0.431. The van der Waals surface area contributed by atoms with Crippen LogP contribution >= 0.6 is 0 Å². The second-order valence-electron chi connectivity index (χ2n) is 4.39. The molecule has 19 heavy (non-hydrogen) atoms. The molecule has 0 saturated heterocycles. The van der Waals surface area contributed by atoms with Gasteiger partial charge in [0.15, 0.2) is 0 Å². The average Bonchev–Trinajstić information content (AvgIpc) is 2.27. The zero-order chi connectivity index (χ0) is 14.4. The number of carbonyl (C=O) groups is 1. The van der Waals surface area contributed by atoms with Crippen LogP contribution in [0.2, 0.25) is 0 Å². The smallest absolute Gasteiger partial charge is 0.319 e. The van der Waals surface area contributed by atoms with Crippen molar-refractivity contribution in [2.45, 2.75) is 32.4 Å². The summed E-state index contributed by atoms with van der Waals surface area (Å²) in [7, 11) is 0. The number of hydrogen-bond donors (Lipinski definition) is 3. The van der Waals surface area contributed by atoms with Gasteiger partial charge in [-0.05, 0) is 32.4 Å². The van der Waals surface area contributed by atoms with E-state index in [1.165, 1.54) is 24.3 Å². The largest absolute Gasteiger partial charge is 0.393 e. The van der Waals surface area contributed by atoms with Gasteiger partial charge in [-0.15, -0.1) is 0 Å². The van der Waals surface area contributed by atoms with Crippen LogP contribution in [-0.4, -0.2) is 28.2 Å². The van der Waals surface area contributed by atoms with Crippen LogP contribution in [0.3, 0.4) is 0 Å².